The largest absolute Gasteiger partial charge is 0.496 e. The van der Waals surface area contributed by atoms with Crippen LogP contribution in [0.3, 0.4) is 0 Å². The fourth-order valence-electron chi connectivity index (χ4n) is 4.59. The molecule has 2 N–H and O–H groups in total. The van der Waals surface area contributed by atoms with Gasteiger partial charge in [-0.15, -0.1) is 5.10 Å². The van der Waals surface area contributed by atoms with Gasteiger partial charge in [0, 0.05) is 23.0 Å². The van der Waals surface area contributed by atoms with Crippen molar-refractivity contribution in [3.63, 3.8) is 0 Å². The lowest BCUT2D eigenvalue weighted by molar-refractivity contribution is -0.113. The maximum atomic E-state index is 13.7. The van der Waals surface area contributed by atoms with E-state index in [0.717, 1.165) is 5.56 Å². The summed E-state index contributed by atoms with van der Waals surface area (Å²) in [5, 5.41) is 11.0. The minimum absolute atomic E-state index is 0.306. The Hall–Kier alpha value is -5.06. The first-order chi connectivity index (χ1) is 19.0. The van der Waals surface area contributed by atoms with Crippen molar-refractivity contribution in [1.29, 1.82) is 0 Å². The number of fused-ring (bicyclic) bond motifs is 1. The molecular weight excluding hydrogens is 500 g/mol. The maximum Gasteiger partial charge on any atom is 0.255 e. The number of hydrogen-bond donors (Lipinski definition) is 2. The van der Waals surface area contributed by atoms with Crippen LogP contribution in [0.4, 0.5) is 11.6 Å². The number of methoxy groups -OCH3 is 4. The molecule has 3 heterocycles. The van der Waals surface area contributed by atoms with Crippen molar-refractivity contribution >= 4 is 17.5 Å². The third-order valence-corrected chi connectivity index (χ3v) is 6.37. The van der Waals surface area contributed by atoms with Crippen LogP contribution in [0.25, 0.3) is 11.4 Å². The lowest BCUT2D eigenvalue weighted by Gasteiger charge is -2.29. The molecule has 2 aromatic heterocycles. The Balaban J connectivity index is 1.65. The Morgan fingerprint density at radius 2 is 1.67 bits per heavy atom. The first-order valence-electron chi connectivity index (χ1n) is 12.1. The summed E-state index contributed by atoms with van der Waals surface area (Å²) in [6, 6.07) is 14.0. The van der Waals surface area contributed by atoms with E-state index in [1.54, 1.807) is 69.8 Å². The maximum absolute atomic E-state index is 13.7. The molecule has 39 heavy (non-hydrogen) atoms. The van der Waals surface area contributed by atoms with Gasteiger partial charge in [0.1, 0.15) is 11.8 Å². The van der Waals surface area contributed by atoms with Crippen molar-refractivity contribution < 1.29 is 23.7 Å². The summed E-state index contributed by atoms with van der Waals surface area (Å²) < 4.78 is 23.9. The van der Waals surface area contributed by atoms with Gasteiger partial charge < -0.3 is 29.6 Å². The quantitative estimate of drug-likeness (QED) is 0.345. The van der Waals surface area contributed by atoms with E-state index in [4.69, 9.17) is 29.0 Å². The van der Waals surface area contributed by atoms with Crippen LogP contribution in [0.1, 0.15) is 18.5 Å². The van der Waals surface area contributed by atoms with E-state index in [1.165, 1.54) is 0 Å². The molecule has 1 aliphatic rings. The zero-order chi connectivity index (χ0) is 27.5. The predicted octanol–water partition coefficient (Wildman–Crippen LogP) is 4.30. The van der Waals surface area contributed by atoms with Crippen molar-refractivity contribution in [2.24, 2.45) is 0 Å². The molecule has 0 bridgehead atoms. The highest BCUT2D eigenvalue weighted by molar-refractivity contribution is 6.06. The molecule has 1 aliphatic heterocycles. The molecule has 4 aromatic rings. The SMILES string of the molecule is COc1ccccc1C1C(C(=O)Nc2cccnc2)=C(C)Nc2nc(-c3cc(OC)c(OC)c(OC)c3)nn21. The van der Waals surface area contributed by atoms with Crippen LogP contribution in [0.15, 0.2) is 72.2 Å². The number of benzene rings is 2. The molecule has 0 saturated heterocycles. The Labute approximate surface area is 225 Å². The first kappa shape index (κ1) is 25.6. The second-order valence-electron chi connectivity index (χ2n) is 8.62. The number of hydrogen-bond acceptors (Lipinski definition) is 9. The third-order valence-electron chi connectivity index (χ3n) is 6.37. The number of carbonyl (C=O) groups excluding carboxylic acids is 1. The number of ether oxygens (including phenoxy) is 4. The predicted molar refractivity (Wildman–Crippen MR) is 145 cm³/mol. The number of amides is 1. The molecule has 2 aromatic carbocycles. The molecule has 200 valence electrons. The van der Waals surface area contributed by atoms with Crippen molar-refractivity contribution in [1.82, 2.24) is 19.7 Å². The highest BCUT2D eigenvalue weighted by Crippen LogP contribution is 2.43. The van der Waals surface area contributed by atoms with Crippen molar-refractivity contribution in [3.8, 4) is 34.4 Å². The van der Waals surface area contributed by atoms with Crippen molar-refractivity contribution in [2.75, 3.05) is 39.1 Å². The lowest BCUT2D eigenvalue weighted by atomic mass is 9.94. The van der Waals surface area contributed by atoms with Crippen LogP contribution in [0.2, 0.25) is 0 Å². The third kappa shape index (κ3) is 4.70. The number of nitrogens with zero attached hydrogens (tertiary/aromatic N) is 4. The number of allylic oxidation sites excluding steroid dienone is 1. The monoisotopic (exact) mass is 528 g/mol. The Kier molecular flexibility index (Phi) is 7.04. The van der Waals surface area contributed by atoms with Crippen LogP contribution in [0.5, 0.6) is 23.0 Å². The number of carbonyl (C=O) groups is 1. The Bertz CT molecular complexity index is 1520. The topological polar surface area (TPSA) is 122 Å². The summed E-state index contributed by atoms with van der Waals surface area (Å²) in [5.74, 6) is 2.58. The zero-order valence-electron chi connectivity index (χ0n) is 22.2. The molecule has 11 heteroatoms. The summed E-state index contributed by atoms with van der Waals surface area (Å²) in [6.45, 7) is 1.83. The van der Waals surface area contributed by atoms with E-state index in [1.807, 2.05) is 31.2 Å². The molecule has 0 saturated carbocycles. The van der Waals surface area contributed by atoms with Crippen LogP contribution in [-0.2, 0) is 4.79 Å². The molecular formula is C28H28N6O5. The average Bonchev–Trinajstić information content (AvgIpc) is 3.39. The molecule has 1 unspecified atom stereocenters. The standard InChI is InChI=1S/C28H28N6O5/c1-16-23(27(35)31-18-9-8-12-29-15-18)24(19-10-6-7-11-20(19)36-2)34-28(30-16)32-26(33-34)17-13-21(37-3)25(39-5)22(14-17)38-4/h6-15,24H,1-5H3,(H,31,35)(H,30,32,33). The number of nitrogens with one attached hydrogen (secondary N) is 2. The number of para-hydroxylation sites is 1. The highest BCUT2D eigenvalue weighted by atomic mass is 16.5. The van der Waals surface area contributed by atoms with Crippen LogP contribution < -0.4 is 29.6 Å². The fraction of sp³-hybridized carbons (Fsp3) is 0.214. The second kappa shape index (κ2) is 10.7. The van der Waals surface area contributed by atoms with Gasteiger partial charge in [0.2, 0.25) is 11.7 Å². The summed E-state index contributed by atoms with van der Waals surface area (Å²) >= 11 is 0. The van der Waals surface area contributed by atoms with Gasteiger partial charge >= 0.3 is 0 Å². The number of pyridine rings is 1. The summed E-state index contributed by atoms with van der Waals surface area (Å²) in [5.41, 5.74) is 3.05. The van der Waals surface area contributed by atoms with Gasteiger partial charge in [-0.1, -0.05) is 18.2 Å². The normalized spacial score (nSPS) is 14.2. The molecule has 0 aliphatic carbocycles. The van der Waals surface area contributed by atoms with E-state index in [0.29, 0.717) is 57.3 Å². The minimum Gasteiger partial charge on any atom is -0.496 e. The fourth-order valence-corrected chi connectivity index (χ4v) is 4.59. The molecule has 1 amide bonds. The van der Waals surface area contributed by atoms with Gasteiger partial charge in [-0.25, -0.2) is 4.68 Å². The van der Waals surface area contributed by atoms with Gasteiger partial charge in [0.25, 0.3) is 5.91 Å². The number of rotatable bonds is 8. The van der Waals surface area contributed by atoms with Gasteiger partial charge in [-0.3, -0.25) is 9.78 Å². The summed E-state index contributed by atoms with van der Waals surface area (Å²) in [7, 11) is 6.23. The van der Waals surface area contributed by atoms with Gasteiger partial charge in [0.15, 0.2) is 17.3 Å². The molecule has 0 radical (unpaired) electrons. The summed E-state index contributed by atoms with van der Waals surface area (Å²) in [4.78, 5) is 22.6. The zero-order valence-corrected chi connectivity index (χ0v) is 22.2. The van der Waals surface area contributed by atoms with E-state index in [2.05, 4.69) is 15.6 Å². The number of aromatic nitrogens is 4. The van der Waals surface area contributed by atoms with E-state index >= 15 is 0 Å². The van der Waals surface area contributed by atoms with Gasteiger partial charge in [-0.2, -0.15) is 4.98 Å². The summed E-state index contributed by atoms with van der Waals surface area (Å²) in [6.07, 6.45) is 3.23. The molecule has 5 rings (SSSR count). The highest BCUT2D eigenvalue weighted by Gasteiger charge is 2.36. The average molecular weight is 529 g/mol. The van der Waals surface area contributed by atoms with E-state index in [9.17, 15) is 4.79 Å². The Morgan fingerprint density at radius 3 is 2.31 bits per heavy atom. The van der Waals surface area contributed by atoms with Gasteiger partial charge in [0.05, 0.1) is 45.9 Å². The van der Waals surface area contributed by atoms with E-state index < -0.39 is 6.04 Å². The number of anilines is 2. The second-order valence-corrected chi connectivity index (χ2v) is 8.62. The molecule has 0 spiro atoms. The van der Waals surface area contributed by atoms with Gasteiger partial charge in [-0.05, 0) is 37.3 Å². The molecule has 1 atom stereocenters. The molecule has 11 nitrogen and oxygen atoms in total. The van der Waals surface area contributed by atoms with Crippen LogP contribution >= 0.6 is 0 Å². The van der Waals surface area contributed by atoms with Crippen LogP contribution in [-0.4, -0.2) is 54.1 Å². The first-order valence-corrected chi connectivity index (χ1v) is 12.1. The van der Waals surface area contributed by atoms with Crippen LogP contribution in [0, 0.1) is 0 Å². The lowest BCUT2D eigenvalue weighted by Crippen LogP contribution is -2.31. The van der Waals surface area contributed by atoms with Crippen molar-refractivity contribution in [2.45, 2.75) is 13.0 Å². The Morgan fingerprint density at radius 1 is 0.949 bits per heavy atom. The van der Waals surface area contributed by atoms with Crippen molar-refractivity contribution in [3.05, 3.63) is 77.8 Å². The van der Waals surface area contributed by atoms with E-state index in [-0.39, 0.29) is 5.91 Å². The smallest absolute Gasteiger partial charge is 0.255 e. The molecule has 0 fully saturated rings. The minimum atomic E-state index is -0.641.